The summed E-state index contributed by atoms with van der Waals surface area (Å²) >= 11 is 0. The summed E-state index contributed by atoms with van der Waals surface area (Å²) in [6, 6.07) is 9.64. The maximum absolute atomic E-state index is 12.1. The number of ketones is 1. The van der Waals surface area contributed by atoms with Gasteiger partial charge in [-0.15, -0.1) is 0 Å². The summed E-state index contributed by atoms with van der Waals surface area (Å²) < 4.78 is 10.2. The molecule has 0 amide bonds. The minimum absolute atomic E-state index is 0.0653. The normalized spacial score (nSPS) is 10.8. The molecule has 0 aliphatic carbocycles. The Morgan fingerprint density at radius 1 is 1.22 bits per heavy atom. The van der Waals surface area contributed by atoms with E-state index in [1.54, 1.807) is 19.3 Å². The van der Waals surface area contributed by atoms with Crippen LogP contribution in [0.4, 0.5) is 0 Å². The Morgan fingerprint density at radius 3 is 2.87 bits per heavy atom. The molecule has 0 aliphatic rings. The Morgan fingerprint density at radius 2 is 2.04 bits per heavy atom. The number of carbonyl (C=O) groups excluding carboxylic acids is 2. The quantitative estimate of drug-likeness (QED) is 0.552. The molecular formula is C18H17NO4. The van der Waals surface area contributed by atoms with E-state index in [1.807, 2.05) is 30.5 Å². The van der Waals surface area contributed by atoms with Crippen molar-refractivity contribution in [1.29, 1.82) is 0 Å². The number of aromatic nitrogens is 1. The number of hydrogen-bond acceptors (Lipinski definition) is 4. The molecule has 0 bridgehead atoms. The first-order valence-corrected chi connectivity index (χ1v) is 7.53. The zero-order chi connectivity index (χ0) is 16.2. The molecule has 1 N–H and O–H groups in total. The van der Waals surface area contributed by atoms with Gasteiger partial charge in [-0.3, -0.25) is 9.59 Å². The highest BCUT2D eigenvalue weighted by Crippen LogP contribution is 2.30. The summed E-state index contributed by atoms with van der Waals surface area (Å²) in [7, 11) is 0. The molecule has 5 heteroatoms. The van der Waals surface area contributed by atoms with Crippen LogP contribution in [0.25, 0.3) is 22.0 Å². The highest BCUT2D eigenvalue weighted by atomic mass is 16.5. The molecule has 0 radical (unpaired) electrons. The molecule has 2 heterocycles. The van der Waals surface area contributed by atoms with E-state index in [9.17, 15) is 9.59 Å². The molecule has 1 aromatic carbocycles. The molecule has 0 atom stereocenters. The monoisotopic (exact) mass is 311 g/mol. The van der Waals surface area contributed by atoms with Crippen molar-refractivity contribution in [3.8, 4) is 11.1 Å². The van der Waals surface area contributed by atoms with Crippen molar-refractivity contribution in [2.24, 2.45) is 0 Å². The molecule has 0 aliphatic heterocycles. The van der Waals surface area contributed by atoms with Gasteiger partial charge in [0.1, 0.15) is 0 Å². The van der Waals surface area contributed by atoms with Gasteiger partial charge in [-0.1, -0.05) is 18.2 Å². The number of Topliss-reactive ketones (excluding diaryl/α,β-unsaturated/α-hetero) is 1. The molecule has 2 aromatic heterocycles. The first kappa shape index (κ1) is 15.1. The van der Waals surface area contributed by atoms with Crippen molar-refractivity contribution in [3.05, 3.63) is 48.6 Å². The minimum Gasteiger partial charge on any atom is -0.466 e. The number of fused-ring (bicyclic) bond motifs is 1. The molecule has 23 heavy (non-hydrogen) atoms. The Balaban J connectivity index is 1.75. The first-order chi connectivity index (χ1) is 11.2. The lowest BCUT2D eigenvalue weighted by Crippen LogP contribution is -2.07. The Bertz CT molecular complexity index is 843. The zero-order valence-electron chi connectivity index (χ0n) is 12.8. The smallest absolute Gasteiger partial charge is 0.306 e. The fourth-order valence-corrected chi connectivity index (χ4v) is 2.51. The van der Waals surface area contributed by atoms with Crippen LogP contribution in [0.2, 0.25) is 0 Å². The lowest BCUT2D eigenvalue weighted by molar-refractivity contribution is -0.143. The number of para-hydroxylation sites is 1. The number of H-pyrrole nitrogens is 1. The van der Waals surface area contributed by atoms with Crippen molar-refractivity contribution in [2.75, 3.05) is 6.61 Å². The van der Waals surface area contributed by atoms with Crippen molar-refractivity contribution in [1.82, 2.24) is 4.98 Å². The zero-order valence-corrected chi connectivity index (χ0v) is 12.8. The first-order valence-electron chi connectivity index (χ1n) is 7.53. The van der Waals surface area contributed by atoms with Crippen LogP contribution in [0, 0.1) is 0 Å². The number of esters is 1. The van der Waals surface area contributed by atoms with Gasteiger partial charge in [-0.25, -0.2) is 0 Å². The van der Waals surface area contributed by atoms with Crippen molar-refractivity contribution in [3.63, 3.8) is 0 Å². The predicted octanol–water partition coefficient (Wildman–Crippen LogP) is 3.95. The average Bonchev–Trinajstić information content (AvgIpc) is 3.19. The number of ether oxygens (including phenoxy) is 1. The van der Waals surface area contributed by atoms with E-state index in [0.717, 1.165) is 22.0 Å². The van der Waals surface area contributed by atoms with Crippen LogP contribution < -0.4 is 0 Å². The van der Waals surface area contributed by atoms with Crippen molar-refractivity contribution in [2.45, 2.75) is 19.8 Å². The Hall–Kier alpha value is -2.82. The molecule has 0 spiro atoms. The topological polar surface area (TPSA) is 72.3 Å². The van der Waals surface area contributed by atoms with E-state index in [2.05, 4.69) is 4.98 Å². The molecule has 0 saturated carbocycles. The number of aromatic amines is 1. The van der Waals surface area contributed by atoms with Gasteiger partial charge in [0, 0.05) is 34.6 Å². The summed E-state index contributed by atoms with van der Waals surface area (Å²) in [5, 5.41) is 1.07. The highest BCUT2D eigenvalue weighted by Gasteiger charge is 2.15. The van der Waals surface area contributed by atoms with E-state index in [4.69, 9.17) is 9.15 Å². The van der Waals surface area contributed by atoms with Crippen LogP contribution in [0.5, 0.6) is 0 Å². The van der Waals surface area contributed by atoms with Gasteiger partial charge in [-0.2, -0.15) is 0 Å². The summed E-state index contributed by atoms with van der Waals surface area (Å²) in [5.41, 5.74) is 2.84. The van der Waals surface area contributed by atoms with Gasteiger partial charge < -0.3 is 14.1 Å². The third-order valence-corrected chi connectivity index (χ3v) is 3.64. The largest absolute Gasteiger partial charge is 0.466 e. The lowest BCUT2D eigenvalue weighted by Gasteiger charge is -1.99. The van der Waals surface area contributed by atoms with Crippen LogP contribution in [0.3, 0.4) is 0 Å². The Labute approximate surface area is 133 Å². The summed E-state index contributed by atoms with van der Waals surface area (Å²) in [6.45, 7) is 2.05. The second kappa shape index (κ2) is 6.52. The highest BCUT2D eigenvalue weighted by molar-refractivity contribution is 5.99. The fourth-order valence-electron chi connectivity index (χ4n) is 2.51. The van der Waals surface area contributed by atoms with Crippen molar-refractivity contribution < 1.29 is 18.7 Å². The maximum Gasteiger partial charge on any atom is 0.306 e. The molecule has 0 saturated heterocycles. The SMILES string of the molecule is CCOC(=O)CCC(=O)c1cc(-c2c[nH]c3ccccc23)co1. The van der Waals surface area contributed by atoms with Crippen LogP contribution in [0.15, 0.2) is 47.2 Å². The number of hydrogen-bond donors (Lipinski definition) is 1. The summed E-state index contributed by atoms with van der Waals surface area (Å²) in [4.78, 5) is 26.6. The molecule has 3 aromatic rings. The van der Waals surface area contributed by atoms with E-state index in [-0.39, 0.29) is 30.4 Å². The minimum atomic E-state index is -0.371. The standard InChI is InChI=1S/C18H17NO4/c1-2-22-18(21)8-7-16(20)17-9-12(11-23-17)14-10-19-15-6-4-3-5-13(14)15/h3-6,9-11,19H,2,7-8H2,1H3. The second-order valence-corrected chi connectivity index (χ2v) is 5.18. The predicted molar refractivity (Wildman–Crippen MR) is 86.2 cm³/mol. The fraction of sp³-hybridized carbons (Fsp3) is 0.222. The van der Waals surface area contributed by atoms with Gasteiger partial charge >= 0.3 is 5.97 Å². The van der Waals surface area contributed by atoms with Crippen LogP contribution in [-0.4, -0.2) is 23.3 Å². The van der Waals surface area contributed by atoms with Gasteiger partial charge in [0.25, 0.3) is 0 Å². The molecule has 0 fully saturated rings. The molecule has 3 rings (SSSR count). The van der Waals surface area contributed by atoms with Crippen LogP contribution in [0.1, 0.15) is 30.3 Å². The number of carbonyl (C=O) groups is 2. The Kier molecular flexibility index (Phi) is 4.28. The van der Waals surface area contributed by atoms with E-state index < -0.39 is 0 Å². The van der Waals surface area contributed by atoms with Crippen molar-refractivity contribution >= 4 is 22.7 Å². The third-order valence-electron chi connectivity index (χ3n) is 3.64. The number of benzene rings is 1. The number of nitrogens with one attached hydrogen (secondary N) is 1. The average molecular weight is 311 g/mol. The number of rotatable bonds is 6. The van der Waals surface area contributed by atoms with E-state index in [1.165, 1.54) is 0 Å². The van der Waals surface area contributed by atoms with Gasteiger partial charge in [-0.05, 0) is 19.1 Å². The van der Waals surface area contributed by atoms with Crippen LogP contribution >= 0.6 is 0 Å². The van der Waals surface area contributed by atoms with E-state index in [0.29, 0.717) is 6.61 Å². The van der Waals surface area contributed by atoms with Crippen LogP contribution in [-0.2, 0) is 9.53 Å². The second-order valence-electron chi connectivity index (χ2n) is 5.18. The number of furan rings is 1. The molecule has 0 unspecified atom stereocenters. The molecule has 5 nitrogen and oxygen atoms in total. The van der Waals surface area contributed by atoms with E-state index >= 15 is 0 Å². The molecule has 118 valence electrons. The van der Waals surface area contributed by atoms with Gasteiger partial charge in [0.05, 0.1) is 19.3 Å². The van der Waals surface area contributed by atoms with Gasteiger partial charge in [0.15, 0.2) is 11.5 Å². The third kappa shape index (κ3) is 3.18. The molecular weight excluding hydrogens is 294 g/mol. The summed E-state index contributed by atoms with van der Waals surface area (Å²) in [6.07, 6.45) is 3.60. The lowest BCUT2D eigenvalue weighted by atomic mass is 10.1. The van der Waals surface area contributed by atoms with Gasteiger partial charge in [0.2, 0.25) is 0 Å². The maximum atomic E-state index is 12.1. The summed E-state index contributed by atoms with van der Waals surface area (Å²) in [5.74, 6) is -0.317.